The number of methoxy groups -OCH3 is 1. The summed E-state index contributed by atoms with van der Waals surface area (Å²) in [6.45, 7) is 0.579. The Bertz CT molecular complexity index is 592. The molecule has 6 nitrogen and oxygen atoms in total. The van der Waals surface area contributed by atoms with E-state index in [0.717, 1.165) is 28.8 Å². The van der Waals surface area contributed by atoms with Crippen molar-refractivity contribution in [2.45, 2.75) is 6.42 Å². The van der Waals surface area contributed by atoms with Crippen molar-refractivity contribution in [2.24, 2.45) is 7.05 Å². The van der Waals surface area contributed by atoms with Gasteiger partial charge < -0.3 is 19.9 Å². The Morgan fingerprint density at radius 3 is 3.00 bits per heavy atom. The number of rotatable bonds is 4. The van der Waals surface area contributed by atoms with Crippen LogP contribution < -0.4 is 15.4 Å². The average Bonchev–Trinajstić information content (AvgIpc) is 2.74. The molecule has 0 saturated carbocycles. The highest BCUT2D eigenvalue weighted by atomic mass is 16.5. The molecule has 2 amide bonds. The van der Waals surface area contributed by atoms with Crippen LogP contribution in [0.3, 0.4) is 0 Å². The topological polar surface area (TPSA) is 68.2 Å². The number of ether oxygens (including phenoxy) is 1. The lowest BCUT2D eigenvalue weighted by atomic mass is 10.1. The van der Waals surface area contributed by atoms with Crippen molar-refractivity contribution in [3.8, 4) is 5.75 Å². The maximum Gasteiger partial charge on any atom is 0.314 e. The van der Waals surface area contributed by atoms with Crippen LogP contribution in [0, 0.1) is 0 Å². The summed E-state index contributed by atoms with van der Waals surface area (Å²) in [5.41, 5.74) is 2.05. The third-order valence-corrected chi connectivity index (χ3v) is 3.01. The van der Waals surface area contributed by atoms with Gasteiger partial charge in [0, 0.05) is 32.2 Å². The van der Waals surface area contributed by atoms with Crippen molar-refractivity contribution in [1.82, 2.24) is 20.2 Å². The quantitative estimate of drug-likeness (QED) is 0.865. The second kappa shape index (κ2) is 5.60. The molecule has 0 atom stereocenters. The summed E-state index contributed by atoms with van der Waals surface area (Å²) in [7, 11) is 5.18. The van der Waals surface area contributed by atoms with Gasteiger partial charge in [-0.2, -0.15) is 0 Å². The molecule has 2 rings (SSSR count). The Hall–Kier alpha value is -2.24. The van der Waals surface area contributed by atoms with Crippen LogP contribution in [-0.4, -0.2) is 36.3 Å². The Kier molecular flexibility index (Phi) is 3.89. The molecule has 0 saturated heterocycles. The van der Waals surface area contributed by atoms with Crippen LogP contribution in [0.2, 0.25) is 0 Å². The Morgan fingerprint density at radius 1 is 1.53 bits per heavy atom. The smallest absolute Gasteiger partial charge is 0.314 e. The number of aromatic nitrogens is 2. The molecule has 0 aromatic carbocycles. The van der Waals surface area contributed by atoms with Gasteiger partial charge in [-0.15, -0.1) is 0 Å². The molecule has 19 heavy (non-hydrogen) atoms. The minimum atomic E-state index is -0.170. The molecule has 2 aromatic heterocycles. The third-order valence-electron chi connectivity index (χ3n) is 3.01. The van der Waals surface area contributed by atoms with Crippen LogP contribution in [-0.2, 0) is 13.5 Å². The van der Waals surface area contributed by atoms with Crippen molar-refractivity contribution in [3.05, 3.63) is 24.0 Å². The first kappa shape index (κ1) is 13.2. The molecular weight excluding hydrogens is 244 g/mol. The first-order chi connectivity index (χ1) is 9.15. The lowest BCUT2D eigenvalue weighted by molar-refractivity contribution is 0.243. The molecule has 0 bridgehead atoms. The summed E-state index contributed by atoms with van der Waals surface area (Å²) < 4.78 is 7.17. The molecule has 102 valence electrons. The highest BCUT2D eigenvalue weighted by molar-refractivity contribution is 5.82. The van der Waals surface area contributed by atoms with E-state index in [0.29, 0.717) is 6.54 Å². The summed E-state index contributed by atoms with van der Waals surface area (Å²) in [6, 6.07) is 1.80. The fourth-order valence-corrected chi connectivity index (χ4v) is 2.03. The number of hydrogen-bond donors (Lipinski definition) is 2. The number of carbonyl (C=O) groups excluding carboxylic acids is 1. The number of nitrogens with one attached hydrogen (secondary N) is 2. The van der Waals surface area contributed by atoms with E-state index in [2.05, 4.69) is 15.6 Å². The second-order valence-corrected chi connectivity index (χ2v) is 4.27. The average molecular weight is 262 g/mol. The van der Waals surface area contributed by atoms with E-state index in [1.807, 2.05) is 23.9 Å². The van der Waals surface area contributed by atoms with Gasteiger partial charge in [-0.05, 0) is 18.1 Å². The first-order valence-electron chi connectivity index (χ1n) is 6.09. The van der Waals surface area contributed by atoms with Gasteiger partial charge >= 0.3 is 6.03 Å². The molecule has 2 aromatic rings. The van der Waals surface area contributed by atoms with Crippen molar-refractivity contribution < 1.29 is 9.53 Å². The van der Waals surface area contributed by atoms with Gasteiger partial charge in [-0.1, -0.05) is 0 Å². The largest absolute Gasteiger partial charge is 0.495 e. The number of aryl methyl sites for hydroxylation is 1. The third kappa shape index (κ3) is 2.78. The monoisotopic (exact) mass is 262 g/mol. The highest BCUT2D eigenvalue weighted by Gasteiger charge is 2.09. The summed E-state index contributed by atoms with van der Waals surface area (Å²) in [5.74, 6) is 0.735. The van der Waals surface area contributed by atoms with Gasteiger partial charge in [0.2, 0.25) is 0 Å². The van der Waals surface area contributed by atoms with E-state index in [1.54, 1.807) is 20.4 Å². The summed E-state index contributed by atoms with van der Waals surface area (Å²) >= 11 is 0. The molecule has 0 aliphatic rings. The second-order valence-electron chi connectivity index (χ2n) is 4.27. The highest BCUT2D eigenvalue weighted by Crippen LogP contribution is 2.23. The van der Waals surface area contributed by atoms with Crippen molar-refractivity contribution >= 4 is 17.1 Å². The van der Waals surface area contributed by atoms with Crippen LogP contribution in [0.4, 0.5) is 4.79 Å². The van der Waals surface area contributed by atoms with Crippen molar-refractivity contribution in [1.29, 1.82) is 0 Å². The zero-order valence-corrected chi connectivity index (χ0v) is 11.4. The van der Waals surface area contributed by atoms with Gasteiger partial charge in [0.05, 0.1) is 13.3 Å². The van der Waals surface area contributed by atoms with Crippen molar-refractivity contribution in [3.63, 3.8) is 0 Å². The molecule has 0 aliphatic heterocycles. The van der Waals surface area contributed by atoms with Crippen LogP contribution in [0.25, 0.3) is 11.0 Å². The molecule has 0 radical (unpaired) electrons. The molecular formula is C13H18N4O2. The Balaban J connectivity index is 2.20. The zero-order chi connectivity index (χ0) is 13.8. The maximum absolute atomic E-state index is 11.1. The predicted molar refractivity (Wildman–Crippen MR) is 73.4 cm³/mol. The SMILES string of the molecule is CNC(=O)NCCc1cn(C)c2ncc(OC)cc12. The van der Waals surface area contributed by atoms with Gasteiger partial charge in [-0.3, -0.25) is 0 Å². The Labute approximate surface area is 111 Å². The van der Waals surface area contributed by atoms with Gasteiger partial charge in [0.15, 0.2) is 0 Å². The lowest BCUT2D eigenvalue weighted by Gasteiger charge is -2.04. The van der Waals surface area contributed by atoms with E-state index in [1.165, 1.54) is 0 Å². The van der Waals surface area contributed by atoms with Crippen LogP contribution >= 0.6 is 0 Å². The number of urea groups is 1. The minimum absolute atomic E-state index is 0.170. The maximum atomic E-state index is 11.1. The normalized spacial score (nSPS) is 10.5. The number of pyridine rings is 1. The zero-order valence-electron chi connectivity index (χ0n) is 11.4. The fourth-order valence-electron chi connectivity index (χ4n) is 2.03. The van der Waals surface area contributed by atoms with Crippen LogP contribution in [0.1, 0.15) is 5.56 Å². The van der Waals surface area contributed by atoms with Gasteiger partial charge in [0.1, 0.15) is 11.4 Å². The van der Waals surface area contributed by atoms with Crippen LogP contribution in [0.15, 0.2) is 18.5 Å². The summed E-state index contributed by atoms with van der Waals surface area (Å²) in [6.07, 6.45) is 4.48. The number of fused-ring (bicyclic) bond motifs is 1. The van der Waals surface area contributed by atoms with E-state index in [-0.39, 0.29) is 6.03 Å². The molecule has 0 unspecified atom stereocenters. The predicted octanol–water partition coefficient (Wildman–Crippen LogP) is 1.05. The minimum Gasteiger partial charge on any atom is -0.495 e. The summed E-state index contributed by atoms with van der Waals surface area (Å²) in [4.78, 5) is 15.5. The number of hydrogen-bond acceptors (Lipinski definition) is 3. The molecule has 0 fully saturated rings. The van der Waals surface area contributed by atoms with Crippen molar-refractivity contribution in [2.75, 3.05) is 20.7 Å². The standard InChI is InChI=1S/C13H18N4O2/c1-14-13(18)15-5-4-9-8-17(2)12-11(9)6-10(19-3)7-16-12/h6-8H,4-5H2,1-3H3,(H2,14,15,18). The summed E-state index contributed by atoms with van der Waals surface area (Å²) in [5, 5.41) is 6.35. The molecule has 0 spiro atoms. The molecule has 6 heteroatoms. The van der Waals surface area contributed by atoms with Gasteiger partial charge in [-0.25, -0.2) is 9.78 Å². The van der Waals surface area contributed by atoms with E-state index >= 15 is 0 Å². The Morgan fingerprint density at radius 2 is 2.32 bits per heavy atom. The van der Waals surface area contributed by atoms with E-state index in [9.17, 15) is 4.79 Å². The van der Waals surface area contributed by atoms with Gasteiger partial charge in [0.25, 0.3) is 0 Å². The van der Waals surface area contributed by atoms with E-state index < -0.39 is 0 Å². The molecule has 2 N–H and O–H groups in total. The number of amides is 2. The van der Waals surface area contributed by atoms with E-state index in [4.69, 9.17) is 4.74 Å². The fraction of sp³-hybridized carbons (Fsp3) is 0.385. The number of nitrogens with zero attached hydrogens (tertiary/aromatic N) is 2. The molecule has 2 heterocycles. The first-order valence-corrected chi connectivity index (χ1v) is 6.09. The lowest BCUT2D eigenvalue weighted by Crippen LogP contribution is -2.33. The van der Waals surface area contributed by atoms with Crippen LogP contribution in [0.5, 0.6) is 5.75 Å². The molecule has 0 aliphatic carbocycles. The number of carbonyl (C=O) groups is 1.